The van der Waals surface area contributed by atoms with Crippen molar-refractivity contribution in [3.63, 3.8) is 0 Å². The van der Waals surface area contributed by atoms with Crippen molar-refractivity contribution in [3.05, 3.63) is 36.7 Å². The molecule has 0 spiro atoms. The quantitative estimate of drug-likeness (QED) is 0.613. The molecule has 168 valence electrons. The van der Waals surface area contributed by atoms with Crippen molar-refractivity contribution in [3.8, 4) is 23.0 Å². The van der Waals surface area contributed by atoms with Crippen LogP contribution in [0.2, 0.25) is 0 Å². The predicted octanol–water partition coefficient (Wildman–Crippen LogP) is 2.84. The maximum atomic E-state index is 14.6. The second kappa shape index (κ2) is 9.27. The highest BCUT2D eigenvalue weighted by atomic mass is 19.1. The first-order chi connectivity index (χ1) is 15.5. The highest BCUT2D eigenvalue weighted by Crippen LogP contribution is 2.31. The van der Waals surface area contributed by atoms with Crippen LogP contribution < -0.4 is 19.7 Å². The summed E-state index contributed by atoms with van der Waals surface area (Å²) >= 11 is 0. The second-order valence-corrected chi connectivity index (χ2v) is 7.38. The average molecular weight is 441 g/mol. The summed E-state index contributed by atoms with van der Waals surface area (Å²) < 4.78 is 30.7. The molecule has 0 aliphatic carbocycles. The van der Waals surface area contributed by atoms with Crippen molar-refractivity contribution in [2.24, 2.45) is 0 Å². The smallest absolute Gasteiger partial charge is 0.237 e. The van der Waals surface area contributed by atoms with Crippen LogP contribution >= 0.6 is 0 Å². The van der Waals surface area contributed by atoms with Crippen LogP contribution in [-0.2, 0) is 4.74 Å². The molecule has 4 heterocycles. The Morgan fingerprint density at radius 1 is 1.00 bits per heavy atom. The van der Waals surface area contributed by atoms with Crippen LogP contribution in [-0.4, -0.2) is 64.4 Å². The molecule has 1 N–H and O–H groups in total. The van der Waals surface area contributed by atoms with Crippen LogP contribution in [0, 0.1) is 5.82 Å². The number of hydrogen-bond donors (Lipinski definition) is 1. The number of pyridine rings is 1. The summed E-state index contributed by atoms with van der Waals surface area (Å²) in [5.74, 6) is 0.513. The normalized spacial score (nSPS) is 18.3. The predicted molar refractivity (Wildman–Crippen MR) is 116 cm³/mol. The van der Waals surface area contributed by atoms with Crippen molar-refractivity contribution in [2.75, 3.05) is 37.5 Å². The van der Waals surface area contributed by atoms with Gasteiger partial charge in [0.2, 0.25) is 17.7 Å². The van der Waals surface area contributed by atoms with E-state index in [0.29, 0.717) is 41.9 Å². The van der Waals surface area contributed by atoms with Gasteiger partial charge in [0.25, 0.3) is 0 Å². The van der Waals surface area contributed by atoms with Gasteiger partial charge in [0.1, 0.15) is 5.69 Å². The third kappa shape index (κ3) is 4.67. The van der Waals surface area contributed by atoms with Crippen molar-refractivity contribution in [2.45, 2.75) is 26.1 Å². The van der Waals surface area contributed by atoms with E-state index in [9.17, 15) is 4.39 Å². The van der Waals surface area contributed by atoms with E-state index in [2.05, 4.69) is 30.2 Å². The first-order valence-corrected chi connectivity index (χ1v) is 10.1. The van der Waals surface area contributed by atoms with E-state index in [4.69, 9.17) is 14.2 Å². The lowest BCUT2D eigenvalue weighted by molar-refractivity contribution is -0.00572. The van der Waals surface area contributed by atoms with Crippen LogP contribution in [0.25, 0.3) is 11.3 Å². The molecule has 10 nitrogen and oxygen atoms in total. The number of nitrogens with one attached hydrogen (secondary N) is 1. The molecule has 1 aliphatic heterocycles. The van der Waals surface area contributed by atoms with Crippen LogP contribution in [0.15, 0.2) is 30.9 Å². The molecule has 0 saturated carbocycles. The molecule has 0 unspecified atom stereocenters. The summed E-state index contributed by atoms with van der Waals surface area (Å²) in [5, 5.41) is 2.98. The Hall–Kier alpha value is -3.60. The van der Waals surface area contributed by atoms with Crippen molar-refractivity contribution in [1.29, 1.82) is 0 Å². The zero-order chi connectivity index (χ0) is 22.7. The minimum absolute atomic E-state index is 0.0138. The molecular formula is C21H24FN7O3. The monoisotopic (exact) mass is 441 g/mol. The number of anilines is 3. The van der Waals surface area contributed by atoms with E-state index < -0.39 is 5.82 Å². The summed E-state index contributed by atoms with van der Waals surface area (Å²) in [5.41, 5.74) is 1.66. The Balaban J connectivity index is 1.64. The molecule has 32 heavy (non-hydrogen) atoms. The molecule has 2 atom stereocenters. The molecule has 1 fully saturated rings. The van der Waals surface area contributed by atoms with Crippen LogP contribution in [0.4, 0.5) is 21.8 Å². The summed E-state index contributed by atoms with van der Waals surface area (Å²) in [7, 11) is 3.00. The Morgan fingerprint density at radius 2 is 1.78 bits per heavy atom. The Morgan fingerprint density at radius 3 is 2.44 bits per heavy atom. The summed E-state index contributed by atoms with van der Waals surface area (Å²) in [4.78, 5) is 23.3. The van der Waals surface area contributed by atoms with E-state index in [0.717, 1.165) is 6.20 Å². The van der Waals surface area contributed by atoms with E-state index in [1.54, 1.807) is 18.5 Å². The van der Waals surface area contributed by atoms with Gasteiger partial charge in [-0.05, 0) is 19.9 Å². The fourth-order valence-electron chi connectivity index (χ4n) is 3.48. The molecular weight excluding hydrogens is 417 g/mol. The zero-order valence-corrected chi connectivity index (χ0v) is 18.2. The first kappa shape index (κ1) is 21.6. The van der Waals surface area contributed by atoms with E-state index in [1.807, 2.05) is 18.7 Å². The lowest BCUT2D eigenvalue weighted by Crippen LogP contribution is -2.46. The second-order valence-electron chi connectivity index (χ2n) is 7.38. The van der Waals surface area contributed by atoms with Gasteiger partial charge in [-0.25, -0.2) is 24.3 Å². The van der Waals surface area contributed by atoms with Gasteiger partial charge in [-0.2, -0.15) is 4.98 Å². The van der Waals surface area contributed by atoms with E-state index in [-0.39, 0.29) is 23.9 Å². The van der Waals surface area contributed by atoms with Gasteiger partial charge >= 0.3 is 0 Å². The lowest BCUT2D eigenvalue weighted by atomic mass is 10.2. The third-order valence-corrected chi connectivity index (χ3v) is 4.86. The van der Waals surface area contributed by atoms with Gasteiger partial charge in [-0.15, -0.1) is 0 Å². The maximum absolute atomic E-state index is 14.6. The van der Waals surface area contributed by atoms with Crippen LogP contribution in [0.1, 0.15) is 13.8 Å². The number of halogens is 1. The molecule has 0 aromatic carbocycles. The molecule has 4 rings (SSSR count). The lowest BCUT2D eigenvalue weighted by Gasteiger charge is -2.35. The molecule has 3 aromatic heterocycles. The summed E-state index contributed by atoms with van der Waals surface area (Å²) in [6, 6.07) is 1.74. The van der Waals surface area contributed by atoms with Crippen LogP contribution in [0.3, 0.4) is 0 Å². The molecule has 0 radical (unpaired) electrons. The van der Waals surface area contributed by atoms with Crippen molar-refractivity contribution >= 4 is 17.5 Å². The maximum Gasteiger partial charge on any atom is 0.237 e. The first-order valence-electron chi connectivity index (χ1n) is 10.1. The minimum atomic E-state index is -0.597. The molecule has 0 bridgehead atoms. The third-order valence-electron chi connectivity index (χ3n) is 4.86. The van der Waals surface area contributed by atoms with Crippen molar-refractivity contribution < 1.29 is 18.6 Å². The summed E-state index contributed by atoms with van der Waals surface area (Å²) in [6.07, 6.45) is 5.86. The van der Waals surface area contributed by atoms with E-state index in [1.165, 1.54) is 20.4 Å². The van der Waals surface area contributed by atoms with Gasteiger partial charge in [0.05, 0.1) is 50.7 Å². The van der Waals surface area contributed by atoms with Crippen LogP contribution in [0.5, 0.6) is 11.8 Å². The number of methoxy groups -OCH3 is 2. The molecule has 1 aliphatic rings. The highest BCUT2D eigenvalue weighted by molar-refractivity contribution is 5.70. The Kier molecular flexibility index (Phi) is 6.26. The number of ether oxygens (including phenoxy) is 3. The zero-order valence-electron chi connectivity index (χ0n) is 18.2. The number of hydrogen-bond acceptors (Lipinski definition) is 10. The topological polar surface area (TPSA) is 107 Å². The van der Waals surface area contributed by atoms with Gasteiger partial charge in [0, 0.05) is 24.8 Å². The standard InChI is InChI=1S/C21H24FN7O3/c1-12-10-29(11-13(2)32-12)21-26-7-15(22)19(28-21)27-16-5-14(6-25-20(16)31-4)17-8-24-18(30-3)9-23-17/h5-9,12-13H,10-11H2,1-4H3,(H,26,27,28)/t12-,13+. The van der Waals surface area contributed by atoms with Gasteiger partial charge in [-0.3, -0.25) is 0 Å². The molecule has 1 saturated heterocycles. The van der Waals surface area contributed by atoms with Crippen molar-refractivity contribution in [1.82, 2.24) is 24.9 Å². The van der Waals surface area contributed by atoms with Gasteiger partial charge in [-0.1, -0.05) is 0 Å². The number of rotatable bonds is 6. The number of morpholine rings is 1. The minimum Gasteiger partial charge on any atom is -0.480 e. The number of nitrogens with zero attached hydrogens (tertiary/aromatic N) is 6. The van der Waals surface area contributed by atoms with Gasteiger partial charge in [0.15, 0.2) is 11.6 Å². The molecule has 0 amide bonds. The highest BCUT2D eigenvalue weighted by Gasteiger charge is 2.25. The molecule has 11 heteroatoms. The fraction of sp³-hybridized carbons (Fsp3) is 0.381. The SMILES string of the molecule is COc1cnc(-c2cnc(OC)c(Nc3nc(N4C[C@@H](C)O[C@@H](C)C4)ncc3F)c2)cn1. The Bertz CT molecular complexity index is 1070. The number of aromatic nitrogens is 5. The molecule has 3 aromatic rings. The average Bonchev–Trinajstić information content (AvgIpc) is 2.80. The largest absolute Gasteiger partial charge is 0.480 e. The summed E-state index contributed by atoms with van der Waals surface area (Å²) in [6.45, 7) is 5.20. The fourth-order valence-corrected chi connectivity index (χ4v) is 3.48. The Labute approximate surface area is 184 Å². The van der Waals surface area contributed by atoms with Gasteiger partial charge < -0.3 is 24.4 Å². The van der Waals surface area contributed by atoms with E-state index >= 15 is 0 Å².